The summed E-state index contributed by atoms with van der Waals surface area (Å²) in [5.41, 5.74) is 0.539. The molecule has 0 saturated heterocycles. The van der Waals surface area contributed by atoms with Crippen molar-refractivity contribution >= 4 is 21.6 Å². The van der Waals surface area contributed by atoms with E-state index in [1.54, 1.807) is 12.1 Å². The molecular weight excluding hydrogens is 373 g/mol. The van der Waals surface area contributed by atoms with E-state index >= 15 is 0 Å². The fourth-order valence-corrected chi connectivity index (χ4v) is 3.41. The van der Waals surface area contributed by atoms with Gasteiger partial charge in [-0.15, -0.1) is 0 Å². The van der Waals surface area contributed by atoms with Crippen LogP contribution in [0.3, 0.4) is 0 Å². The molecule has 0 fully saturated rings. The van der Waals surface area contributed by atoms with Crippen LogP contribution in [0.4, 0.5) is 4.39 Å². The van der Waals surface area contributed by atoms with Crippen molar-refractivity contribution in [3.05, 3.63) is 46.7 Å². The monoisotopic (exact) mass is 389 g/mol. The van der Waals surface area contributed by atoms with Gasteiger partial charge < -0.3 is 14.2 Å². The predicted molar refractivity (Wildman–Crippen MR) is 91.5 cm³/mol. The van der Waals surface area contributed by atoms with Gasteiger partial charge in [-0.05, 0) is 24.3 Å². The van der Waals surface area contributed by atoms with Crippen molar-refractivity contribution in [2.24, 2.45) is 0 Å². The molecule has 2 rings (SSSR count). The molecule has 0 aliphatic rings. The first kappa shape index (κ1) is 19.3. The summed E-state index contributed by atoms with van der Waals surface area (Å²) in [7, 11) is 0.526. The Morgan fingerprint density at radius 2 is 1.60 bits per heavy atom. The van der Waals surface area contributed by atoms with E-state index in [-0.39, 0.29) is 16.5 Å². The highest BCUT2D eigenvalue weighted by molar-refractivity contribution is 7.89. The van der Waals surface area contributed by atoms with Gasteiger partial charge in [0.15, 0.2) is 11.5 Å². The molecule has 0 bridgehead atoms. The quantitative estimate of drug-likeness (QED) is 0.788. The van der Waals surface area contributed by atoms with Crippen molar-refractivity contribution in [1.82, 2.24) is 4.72 Å². The number of halogens is 2. The summed E-state index contributed by atoms with van der Waals surface area (Å²) in [5.74, 6) is 0.623. The lowest BCUT2D eigenvalue weighted by Gasteiger charge is -2.15. The van der Waals surface area contributed by atoms with Gasteiger partial charge in [-0.25, -0.2) is 17.5 Å². The molecule has 6 nitrogen and oxygen atoms in total. The molecule has 0 spiro atoms. The van der Waals surface area contributed by atoms with E-state index < -0.39 is 15.8 Å². The molecule has 0 unspecified atom stereocenters. The van der Waals surface area contributed by atoms with Crippen molar-refractivity contribution < 1.29 is 27.0 Å². The lowest BCUT2D eigenvalue weighted by atomic mass is 10.1. The maximum atomic E-state index is 13.2. The molecular formula is C16H17ClFNO5S. The average Bonchev–Trinajstić information content (AvgIpc) is 2.61. The fraction of sp³-hybridized carbons (Fsp3) is 0.250. The minimum Gasteiger partial charge on any atom is -0.496 e. The minimum absolute atomic E-state index is 0.0686. The highest BCUT2D eigenvalue weighted by Crippen LogP contribution is 2.34. The standard InChI is InChI=1S/C16H17ClFNO5S/c1-22-14-8-16(24-3)15(23-2)6-10(14)9-19-25(20,21)11-4-5-13(18)12(17)7-11/h4-8,19H,9H2,1-3H3. The molecule has 0 saturated carbocycles. The van der Waals surface area contributed by atoms with Gasteiger partial charge in [0, 0.05) is 18.2 Å². The topological polar surface area (TPSA) is 73.9 Å². The smallest absolute Gasteiger partial charge is 0.240 e. The van der Waals surface area contributed by atoms with Gasteiger partial charge in [0.1, 0.15) is 11.6 Å². The molecule has 25 heavy (non-hydrogen) atoms. The van der Waals surface area contributed by atoms with E-state index in [0.29, 0.717) is 22.8 Å². The Labute approximate surface area is 150 Å². The van der Waals surface area contributed by atoms with E-state index in [0.717, 1.165) is 18.2 Å². The number of nitrogens with one attached hydrogen (secondary N) is 1. The molecule has 0 heterocycles. The molecule has 0 aliphatic heterocycles. The van der Waals surface area contributed by atoms with Crippen LogP contribution in [0, 0.1) is 5.82 Å². The van der Waals surface area contributed by atoms with Crippen LogP contribution in [-0.4, -0.2) is 29.7 Å². The van der Waals surface area contributed by atoms with E-state index in [9.17, 15) is 12.8 Å². The molecule has 0 radical (unpaired) electrons. The van der Waals surface area contributed by atoms with Crippen molar-refractivity contribution in [3.63, 3.8) is 0 Å². The van der Waals surface area contributed by atoms with Gasteiger partial charge in [0.05, 0.1) is 31.2 Å². The summed E-state index contributed by atoms with van der Waals surface area (Å²) < 4.78 is 56.0. The Balaban J connectivity index is 2.29. The van der Waals surface area contributed by atoms with Gasteiger partial charge >= 0.3 is 0 Å². The first-order valence-electron chi connectivity index (χ1n) is 7.06. The molecule has 2 aromatic carbocycles. The molecule has 0 amide bonds. The Bertz CT molecular complexity index is 873. The van der Waals surface area contributed by atoms with Crippen molar-refractivity contribution in [1.29, 1.82) is 0 Å². The number of benzene rings is 2. The third-order valence-corrected chi connectivity index (χ3v) is 5.13. The van der Waals surface area contributed by atoms with Crippen molar-refractivity contribution in [3.8, 4) is 17.2 Å². The van der Waals surface area contributed by atoms with Gasteiger partial charge in [0.25, 0.3) is 0 Å². The van der Waals surface area contributed by atoms with Crippen LogP contribution in [0.5, 0.6) is 17.2 Å². The lowest BCUT2D eigenvalue weighted by molar-refractivity contribution is 0.347. The Hall–Kier alpha value is -2.03. The van der Waals surface area contributed by atoms with Crippen LogP contribution in [0.1, 0.15) is 5.56 Å². The largest absolute Gasteiger partial charge is 0.496 e. The molecule has 0 atom stereocenters. The van der Waals surface area contributed by atoms with Crippen molar-refractivity contribution in [2.45, 2.75) is 11.4 Å². The Kier molecular flexibility index (Phi) is 6.10. The zero-order valence-corrected chi connectivity index (χ0v) is 15.4. The Morgan fingerprint density at radius 3 is 2.16 bits per heavy atom. The molecule has 9 heteroatoms. The van der Waals surface area contributed by atoms with Gasteiger partial charge in [-0.1, -0.05) is 11.6 Å². The average molecular weight is 390 g/mol. The number of hydrogen-bond donors (Lipinski definition) is 1. The van der Waals surface area contributed by atoms with Gasteiger partial charge in [-0.2, -0.15) is 0 Å². The summed E-state index contributed by atoms with van der Waals surface area (Å²) in [4.78, 5) is -0.140. The Morgan fingerprint density at radius 1 is 1.00 bits per heavy atom. The van der Waals surface area contributed by atoms with E-state index in [4.69, 9.17) is 25.8 Å². The van der Waals surface area contributed by atoms with Crippen LogP contribution < -0.4 is 18.9 Å². The first-order valence-corrected chi connectivity index (χ1v) is 8.92. The maximum absolute atomic E-state index is 13.2. The summed E-state index contributed by atoms with van der Waals surface area (Å²) in [5, 5.41) is -0.272. The van der Waals surface area contributed by atoms with E-state index in [2.05, 4.69) is 4.72 Å². The number of methoxy groups -OCH3 is 3. The molecule has 0 aliphatic carbocycles. The predicted octanol–water partition coefficient (Wildman–Crippen LogP) is 2.98. The number of ether oxygens (including phenoxy) is 3. The second kappa shape index (κ2) is 7.90. The first-order chi connectivity index (χ1) is 11.8. The van der Waals surface area contributed by atoms with Crippen molar-refractivity contribution in [2.75, 3.05) is 21.3 Å². The normalized spacial score (nSPS) is 11.2. The SMILES string of the molecule is COc1cc(OC)c(OC)cc1CNS(=O)(=O)c1ccc(F)c(Cl)c1. The number of sulfonamides is 1. The number of hydrogen-bond acceptors (Lipinski definition) is 5. The zero-order chi connectivity index (χ0) is 18.6. The second-order valence-corrected chi connectivity index (χ2v) is 7.09. The van der Waals surface area contributed by atoms with E-state index in [1.165, 1.54) is 21.3 Å². The van der Waals surface area contributed by atoms with Crippen LogP contribution >= 0.6 is 11.6 Å². The lowest BCUT2D eigenvalue weighted by Crippen LogP contribution is -2.23. The van der Waals surface area contributed by atoms with Gasteiger partial charge in [0.2, 0.25) is 10.0 Å². The highest BCUT2D eigenvalue weighted by atomic mass is 35.5. The van der Waals surface area contributed by atoms with Crippen LogP contribution in [0.2, 0.25) is 5.02 Å². The summed E-state index contributed by atoms with van der Waals surface area (Å²) in [6.07, 6.45) is 0. The molecule has 2 aromatic rings. The van der Waals surface area contributed by atoms with Gasteiger partial charge in [-0.3, -0.25) is 0 Å². The van der Waals surface area contributed by atoms with Crippen LogP contribution in [0.25, 0.3) is 0 Å². The maximum Gasteiger partial charge on any atom is 0.240 e. The second-order valence-electron chi connectivity index (χ2n) is 4.92. The third kappa shape index (κ3) is 4.33. The van der Waals surface area contributed by atoms with E-state index in [1.807, 2.05) is 0 Å². The highest BCUT2D eigenvalue weighted by Gasteiger charge is 2.18. The van der Waals surface area contributed by atoms with Crippen LogP contribution in [0.15, 0.2) is 35.2 Å². The van der Waals surface area contributed by atoms with Crippen LogP contribution in [-0.2, 0) is 16.6 Å². The molecule has 136 valence electrons. The third-order valence-electron chi connectivity index (χ3n) is 3.44. The molecule has 1 N–H and O–H groups in total. The molecule has 0 aromatic heterocycles. The summed E-state index contributed by atoms with van der Waals surface area (Å²) >= 11 is 5.64. The zero-order valence-electron chi connectivity index (χ0n) is 13.8. The fourth-order valence-electron chi connectivity index (χ4n) is 2.13. The number of rotatable bonds is 7. The minimum atomic E-state index is -3.89. The summed E-state index contributed by atoms with van der Waals surface area (Å²) in [6.45, 7) is -0.0686. The summed E-state index contributed by atoms with van der Waals surface area (Å²) in [6, 6.07) is 6.38.